The van der Waals surface area contributed by atoms with Crippen molar-refractivity contribution in [2.24, 2.45) is 5.92 Å². The highest BCUT2D eigenvalue weighted by molar-refractivity contribution is 6.55. The lowest BCUT2D eigenvalue weighted by Gasteiger charge is -2.32. The molecular weight excluding hydrogens is 279 g/mol. The molecule has 0 unspecified atom stereocenters. The van der Waals surface area contributed by atoms with E-state index in [1.165, 1.54) is 19.3 Å². The lowest BCUT2D eigenvalue weighted by Crippen LogP contribution is -2.41. The smallest absolute Gasteiger partial charge is 0.463 e. The Labute approximate surface area is 134 Å². The van der Waals surface area contributed by atoms with Gasteiger partial charge in [0.25, 0.3) is 0 Å². The van der Waals surface area contributed by atoms with Gasteiger partial charge in [0.05, 0.1) is 17.8 Å². The van der Waals surface area contributed by atoms with E-state index >= 15 is 0 Å². The van der Waals surface area contributed by atoms with Crippen molar-refractivity contribution in [3.05, 3.63) is 11.5 Å². The predicted octanol–water partition coefficient (Wildman–Crippen LogP) is 3.69. The molecule has 0 radical (unpaired) electrons. The number of rotatable bonds is 4. The molecule has 0 atom stereocenters. The standard InChI is InChI=1S/C17H29BO4/c1-6-20-15(19)12-14(13-10-8-7-9-11-13)18-21-16(2,3)17(4,5)22-18/h12-13H,6-11H2,1-5H3/b14-12+. The minimum absolute atomic E-state index is 0.294. The van der Waals surface area contributed by atoms with Crippen LogP contribution in [0.1, 0.15) is 66.7 Å². The first kappa shape index (κ1) is 17.5. The summed E-state index contributed by atoms with van der Waals surface area (Å²) >= 11 is 0. The Bertz CT molecular complexity index is 420. The first-order valence-corrected chi connectivity index (χ1v) is 8.50. The molecule has 2 rings (SSSR count). The van der Waals surface area contributed by atoms with Crippen LogP contribution in [0.3, 0.4) is 0 Å². The number of hydrogen-bond donors (Lipinski definition) is 0. The van der Waals surface area contributed by atoms with E-state index in [9.17, 15) is 4.79 Å². The van der Waals surface area contributed by atoms with E-state index in [1.807, 2.05) is 34.6 Å². The molecule has 2 fully saturated rings. The fourth-order valence-electron chi connectivity index (χ4n) is 3.11. The van der Waals surface area contributed by atoms with Gasteiger partial charge in [-0.15, -0.1) is 0 Å². The number of hydrogen-bond acceptors (Lipinski definition) is 4. The van der Waals surface area contributed by atoms with Crippen LogP contribution in [-0.2, 0) is 18.8 Å². The topological polar surface area (TPSA) is 44.8 Å². The van der Waals surface area contributed by atoms with Gasteiger partial charge in [-0.1, -0.05) is 19.3 Å². The second-order valence-electron chi connectivity index (χ2n) is 7.32. The van der Waals surface area contributed by atoms with Crippen molar-refractivity contribution in [3.8, 4) is 0 Å². The molecule has 0 spiro atoms. The Hall–Kier alpha value is -0.805. The van der Waals surface area contributed by atoms with Gasteiger partial charge in [0, 0.05) is 6.08 Å². The Morgan fingerprint density at radius 2 is 1.68 bits per heavy atom. The fraction of sp³-hybridized carbons (Fsp3) is 0.824. The van der Waals surface area contributed by atoms with Gasteiger partial charge in [-0.05, 0) is 58.9 Å². The van der Waals surface area contributed by atoms with Crippen molar-refractivity contribution in [3.63, 3.8) is 0 Å². The molecule has 124 valence electrons. The molecule has 0 aromatic carbocycles. The zero-order valence-electron chi connectivity index (χ0n) is 14.6. The third-order valence-electron chi connectivity index (χ3n) is 5.17. The van der Waals surface area contributed by atoms with Gasteiger partial charge in [0.1, 0.15) is 0 Å². The fourth-order valence-corrected chi connectivity index (χ4v) is 3.11. The maximum atomic E-state index is 12.0. The van der Waals surface area contributed by atoms with E-state index < -0.39 is 7.12 Å². The summed E-state index contributed by atoms with van der Waals surface area (Å²) < 4.78 is 17.4. The number of ether oxygens (including phenoxy) is 1. The van der Waals surface area contributed by atoms with E-state index in [-0.39, 0.29) is 17.2 Å². The Morgan fingerprint density at radius 1 is 1.14 bits per heavy atom. The van der Waals surface area contributed by atoms with E-state index in [0.29, 0.717) is 12.5 Å². The van der Waals surface area contributed by atoms with Gasteiger partial charge in [0.2, 0.25) is 0 Å². The third kappa shape index (κ3) is 3.74. The maximum absolute atomic E-state index is 12.0. The van der Waals surface area contributed by atoms with Crippen LogP contribution in [0.2, 0.25) is 0 Å². The van der Waals surface area contributed by atoms with Crippen molar-refractivity contribution in [1.29, 1.82) is 0 Å². The number of carbonyl (C=O) groups is 1. The van der Waals surface area contributed by atoms with Crippen LogP contribution >= 0.6 is 0 Å². The van der Waals surface area contributed by atoms with Crippen molar-refractivity contribution in [1.82, 2.24) is 0 Å². The SMILES string of the molecule is CCOC(=O)/C=C(/B1OC(C)(C)C(C)(C)O1)C1CCCCC1. The first-order valence-electron chi connectivity index (χ1n) is 8.50. The van der Waals surface area contributed by atoms with Crippen LogP contribution in [0.25, 0.3) is 0 Å². The molecule has 0 amide bonds. The lowest BCUT2D eigenvalue weighted by molar-refractivity contribution is -0.137. The van der Waals surface area contributed by atoms with Gasteiger partial charge >= 0.3 is 13.1 Å². The predicted molar refractivity (Wildman–Crippen MR) is 87.4 cm³/mol. The Balaban J connectivity index is 2.23. The highest BCUT2D eigenvalue weighted by Crippen LogP contribution is 2.42. The Kier molecular flexibility index (Phi) is 5.39. The molecule has 0 aromatic heterocycles. The minimum atomic E-state index is -0.447. The van der Waals surface area contributed by atoms with Gasteiger partial charge in [0.15, 0.2) is 0 Å². The van der Waals surface area contributed by atoms with Gasteiger partial charge in [-0.3, -0.25) is 0 Å². The quantitative estimate of drug-likeness (QED) is 0.451. The average molecular weight is 308 g/mol. The molecule has 0 aromatic rings. The first-order chi connectivity index (χ1) is 10.3. The zero-order valence-corrected chi connectivity index (χ0v) is 14.6. The average Bonchev–Trinajstić information content (AvgIpc) is 2.66. The summed E-state index contributed by atoms with van der Waals surface area (Å²) in [5.74, 6) is 0.0608. The summed E-state index contributed by atoms with van der Waals surface area (Å²) in [4.78, 5) is 12.0. The van der Waals surface area contributed by atoms with Gasteiger partial charge in [-0.25, -0.2) is 4.79 Å². The molecule has 22 heavy (non-hydrogen) atoms. The van der Waals surface area contributed by atoms with E-state index in [4.69, 9.17) is 14.0 Å². The van der Waals surface area contributed by atoms with E-state index in [0.717, 1.165) is 18.3 Å². The number of allylic oxidation sites excluding steroid dienone is 1. The Morgan fingerprint density at radius 3 is 2.18 bits per heavy atom. The summed E-state index contributed by atoms with van der Waals surface area (Å²) in [6.07, 6.45) is 7.47. The highest BCUT2D eigenvalue weighted by atomic mass is 16.7. The second kappa shape index (κ2) is 6.75. The molecule has 1 aliphatic carbocycles. The molecular formula is C17H29BO4. The monoisotopic (exact) mass is 308 g/mol. The largest absolute Gasteiger partial charge is 0.491 e. The normalized spacial score (nSPS) is 25.3. The van der Waals surface area contributed by atoms with Crippen LogP contribution in [0.15, 0.2) is 11.5 Å². The molecule has 1 saturated heterocycles. The third-order valence-corrected chi connectivity index (χ3v) is 5.17. The molecule has 1 aliphatic heterocycles. The molecule has 2 aliphatic rings. The van der Waals surface area contributed by atoms with Crippen molar-refractivity contribution in [2.75, 3.05) is 6.61 Å². The maximum Gasteiger partial charge on any atom is 0.491 e. The van der Waals surface area contributed by atoms with Gasteiger partial charge < -0.3 is 14.0 Å². The van der Waals surface area contributed by atoms with Crippen LogP contribution in [0.5, 0.6) is 0 Å². The minimum Gasteiger partial charge on any atom is -0.463 e. The molecule has 1 saturated carbocycles. The van der Waals surface area contributed by atoms with Crippen molar-refractivity contribution >= 4 is 13.1 Å². The molecule has 5 heteroatoms. The summed E-state index contributed by atoms with van der Waals surface area (Å²) in [6.45, 7) is 10.4. The molecule has 0 N–H and O–H groups in total. The van der Waals surface area contributed by atoms with E-state index in [1.54, 1.807) is 6.08 Å². The molecule has 4 nitrogen and oxygen atoms in total. The summed E-state index contributed by atoms with van der Waals surface area (Å²) in [5, 5.41) is 0. The van der Waals surface area contributed by atoms with Gasteiger partial charge in [-0.2, -0.15) is 0 Å². The summed E-state index contributed by atoms with van der Waals surface area (Å²) in [7, 11) is -0.447. The zero-order chi connectivity index (χ0) is 16.4. The number of esters is 1. The summed E-state index contributed by atoms with van der Waals surface area (Å²) in [6, 6.07) is 0. The second-order valence-corrected chi connectivity index (χ2v) is 7.32. The van der Waals surface area contributed by atoms with Crippen molar-refractivity contribution < 1.29 is 18.8 Å². The van der Waals surface area contributed by atoms with Crippen LogP contribution in [0, 0.1) is 5.92 Å². The lowest BCUT2D eigenvalue weighted by atomic mass is 9.66. The van der Waals surface area contributed by atoms with Crippen molar-refractivity contribution in [2.45, 2.75) is 77.9 Å². The van der Waals surface area contributed by atoms with Crippen LogP contribution in [0.4, 0.5) is 0 Å². The molecule has 0 bridgehead atoms. The van der Waals surface area contributed by atoms with Crippen LogP contribution < -0.4 is 0 Å². The van der Waals surface area contributed by atoms with E-state index in [2.05, 4.69) is 0 Å². The molecule has 1 heterocycles. The number of carbonyl (C=O) groups excluding carboxylic acids is 1. The highest BCUT2D eigenvalue weighted by Gasteiger charge is 2.53. The summed E-state index contributed by atoms with van der Waals surface area (Å²) in [5.41, 5.74) is 0.178. The van der Waals surface area contributed by atoms with Crippen LogP contribution in [-0.4, -0.2) is 30.9 Å².